The van der Waals surface area contributed by atoms with E-state index in [9.17, 15) is 4.79 Å². The van der Waals surface area contributed by atoms with Crippen LogP contribution in [0.4, 0.5) is 0 Å². The van der Waals surface area contributed by atoms with Crippen LogP contribution in [-0.2, 0) is 20.6 Å². The summed E-state index contributed by atoms with van der Waals surface area (Å²) in [4.78, 5) is 19.5. The van der Waals surface area contributed by atoms with Crippen LogP contribution in [0.2, 0.25) is 0 Å². The van der Waals surface area contributed by atoms with Crippen LogP contribution in [0.1, 0.15) is 28.8 Å². The monoisotopic (exact) mass is 335 g/mol. The third-order valence-electron chi connectivity index (χ3n) is 4.55. The lowest BCUT2D eigenvalue weighted by Crippen LogP contribution is -2.32. The van der Waals surface area contributed by atoms with Crippen LogP contribution in [0.5, 0.6) is 0 Å². The summed E-state index contributed by atoms with van der Waals surface area (Å²) < 4.78 is 3.73. The molecule has 6 nitrogen and oxygen atoms in total. The normalized spacial score (nSPS) is 13.8. The van der Waals surface area contributed by atoms with Crippen molar-refractivity contribution >= 4 is 5.91 Å². The Balaban J connectivity index is 1.61. The third kappa shape index (κ3) is 3.20. The van der Waals surface area contributed by atoms with E-state index in [-0.39, 0.29) is 5.91 Å². The molecule has 0 unspecified atom stereocenters. The summed E-state index contributed by atoms with van der Waals surface area (Å²) in [5.74, 6) is 0.933. The van der Waals surface area contributed by atoms with Crippen LogP contribution in [0.25, 0.3) is 11.4 Å². The Morgan fingerprint density at radius 2 is 2.16 bits per heavy atom. The Bertz CT molecular complexity index is 906. The zero-order chi connectivity index (χ0) is 17.4. The van der Waals surface area contributed by atoms with Crippen LogP contribution in [-0.4, -0.2) is 36.2 Å². The van der Waals surface area contributed by atoms with Gasteiger partial charge in [0.1, 0.15) is 5.82 Å². The summed E-state index contributed by atoms with van der Waals surface area (Å²) >= 11 is 0. The Morgan fingerprint density at radius 1 is 1.32 bits per heavy atom. The molecule has 0 N–H and O–H groups in total. The predicted molar refractivity (Wildman–Crippen MR) is 94.7 cm³/mol. The highest BCUT2D eigenvalue weighted by Gasteiger charge is 2.33. The number of carbonyl (C=O) groups excluding carboxylic acids is 1. The lowest BCUT2D eigenvalue weighted by atomic mass is 10.1. The predicted octanol–water partition coefficient (Wildman–Crippen LogP) is 2.63. The van der Waals surface area contributed by atoms with Crippen LogP contribution in [0.3, 0.4) is 0 Å². The molecule has 0 radical (unpaired) electrons. The first kappa shape index (κ1) is 15.6. The number of aromatic nitrogens is 4. The Kier molecular flexibility index (Phi) is 3.87. The van der Waals surface area contributed by atoms with Crippen molar-refractivity contribution in [3.8, 4) is 11.4 Å². The molecule has 2 heterocycles. The van der Waals surface area contributed by atoms with Gasteiger partial charge in [0, 0.05) is 62.0 Å². The maximum Gasteiger partial charge on any atom is 0.254 e. The van der Waals surface area contributed by atoms with Gasteiger partial charge in [0.15, 0.2) is 0 Å². The van der Waals surface area contributed by atoms with Crippen molar-refractivity contribution < 1.29 is 4.79 Å². The number of aryl methyl sites for hydroxylation is 2. The van der Waals surface area contributed by atoms with E-state index >= 15 is 0 Å². The van der Waals surface area contributed by atoms with Gasteiger partial charge < -0.3 is 9.47 Å². The number of imidazole rings is 1. The van der Waals surface area contributed by atoms with Gasteiger partial charge in [-0.05, 0) is 25.0 Å². The zero-order valence-corrected chi connectivity index (χ0v) is 14.5. The average Bonchev–Trinajstić information content (AvgIpc) is 3.24. The molecule has 1 aromatic carbocycles. The van der Waals surface area contributed by atoms with Crippen molar-refractivity contribution in [2.45, 2.75) is 25.4 Å². The molecule has 1 saturated carbocycles. The molecule has 1 aliphatic carbocycles. The fourth-order valence-corrected chi connectivity index (χ4v) is 3.10. The Morgan fingerprint density at radius 3 is 2.80 bits per heavy atom. The van der Waals surface area contributed by atoms with Gasteiger partial charge in [-0.2, -0.15) is 5.10 Å². The summed E-state index contributed by atoms with van der Waals surface area (Å²) in [5.41, 5.74) is 2.72. The third-order valence-corrected chi connectivity index (χ3v) is 4.55. The van der Waals surface area contributed by atoms with Gasteiger partial charge in [0.25, 0.3) is 5.91 Å². The molecule has 3 aromatic rings. The van der Waals surface area contributed by atoms with Gasteiger partial charge in [-0.3, -0.25) is 9.48 Å². The molecular weight excluding hydrogens is 314 g/mol. The number of nitrogens with zero attached hydrogens (tertiary/aromatic N) is 5. The van der Waals surface area contributed by atoms with E-state index in [1.54, 1.807) is 10.9 Å². The molecule has 0 atom stereocenters. The maximum absolute atomic E-state index is 13.1. The molecule has 6 heteroatoms. The lowest BCUT2D eigenvalue weighted by molar-refractivity contribution is 0.0730. The maximum atomic E-state index is 13.1. The van der Waals surface area contributed by atoms with Gasteiger partial charge in [0.2, 0.25) is 0 Å². The van der Waals surface area contributed by atoms with Crippen molar-refractivity contribution in [3.05, 3.63) is 60.2 Å². The van der Waals surface area contributed by atoms with Crippen LogP contribution in [0, 0.1) is 0 Å². The number of amides is 1. The molecule has 0 spiro atoms. The molecule has 1 aliphatic rings. The summed E-state index contributed by atoms with van der Waals surface area (Å²) in [7, 11) is 3.85. The molecule has 128 valence electrons. The Hall–Kier alpha value is -2.89. The highest BCUT2D eigenvalue weighted by Crippen LogP contribution is 2.30. The second kappa shape index (κ2) is 6.20. The molecule has 1 amide bonds. The lowest BCUT2D eigenvalue weighted by Gasteiger charge is -2.22. The minimum Gasteiger partial charge on any atom is -0.334 e. The van der Waals surface area contributed by atoms with Gasteiger partial charge >= 0.3 is 0 Å². The topological polar surface area (TPSA) is 56.0 Å². The van der Waals surface area contributed by atoms with Crippen LogP contribution >= 0.6 is 0 Å². The summed E-state index contributed by atoms with van der Waals surface area (Å²) in [6.45, 7) is 0.601. The quantitative estimate of drug-likeness (QED) is 0.720. The molecule has 0 bridgehead atoms. The number of benzene rings is 1. The summed E-state index contributed by atoms with van der Waals surface area (Å²) in [6.07, 6.45) is 9.61. The van der Waals surface area contributed by atoms with Crippen molar-refractivity contribution in [1.29, 1.82) is 0 Å². The summed E-state index contributed by atoms with van der Waals surface area (Å²) in [6, 6.07) is 8.06. The fraction of sp³-hybridized carbons (Fsp3) is 0.316. The smallest absolute Gasteiger partial charge is 0.254 e. The molecule has 0 aliphatic heterocycles. The Labute approximate surface area is 146 Å². The molecule has 2 aromatic heterocycles. The number of rotatable bonds is 5. The molecular formula is C19H21N5O. The first-order chi connectivity index (χ1) is 12.1. The first-order valence-corrected chi connectivity index (χ1v) is 8.48. The van der Waals surface area contributed by atoms with Crippen LogP contribution in [0.15, 0.2) is 49.1 Å². The highest BCUT2D eigenvalue weighted by atomic mass is 16.2. The zero-order valence-electron chi connectivity index (χ0n) is 14.5. The average molecular weight is 335 g/mol. The van der Waals surface area contributed by atoms with Gasteiger partial charge in [-0.1, -0.05) is 12.1 Å². The second-order valence-electron chi connectivity index (χ2n) is 6.63. The van der Waals surface area contributed by atoms with Gasteiger partial charge in [-0.15, -0.1) is 0 Å². The summed E-state index contributed by atoms with van der Waals surface area (Å²) in [5, 5.41) is 4.21. The van der Waals surface area contributed by atoms with Crippen molar-refractivity contribution in [3.63, 3.8) is 0 Å². The van der Waals surface area contributed by atoms with Crippen molar-refractivity contribution in [2.75, 3.05) is 0 Å². The number of hydrogen-bond donors (Lipinski definition) is 0. The van der Waals surface area contributed by atoms with Crippen molar-refractivity contribution in [1.82, 2.24) is 24.2 Å². The van der Waals surface area contributed by atoms with E-state index in [4.69, 9.17) is 0 Å². The van der Waals surface area contributed by atoms with E-state index < -0.39 is 0 Å². The van der Waals surface area contributed by atoms with E-state index in [2.05, 4.69) is 10.1 Å². The fourth-order valence-electron chi connectivity index (χ4n) is 3.10. The second-order valence-corrected chi connectivity index (χ2v) is 6.63. The van der Waals surface area contributed by atoms with E-state index in [1.165, 1.54) is 0 Å². The molecule has 4 rings (SSSR count). The number of hydrogen-bond acceptors (Lipinski definition) is 3. The SMILES string of the molecule is Cn1cc(CN(C(=O)c2cccc(-c3nccn3C)c2)C2CC2)cn1. The molecule has 1 fully saturated rings. The number of carbonyl (C=O) groups is 1. The largest absolute Gasteiger partial charge is 0.334 e. The van der Waals surface area contributed by atoms with Crippen molar-refractivity contribution in [2.24, 2.45) is 14.1 Å². The van der Waals surface area contributed by atoms with Gasteiger partial charge in [0.05, 0.1) is 6.20 Å². The first-order valence-electron chi connectivity index (χ1n) is 8.48. The van der Waals surface area contributed by atoms with E-state index in [0.29, 0.717) is 18.2 Å². The van der Waals surface area contributed by atoms with E-state index in [1.807, 2.05) is 66.4 Å². The highest BCUT2D eigenvalue weighted by molar-refractivity contribution is 5.95. The minimum atomic E-state index is 0.0717. The molecule has 0 saturated heterocycles. The van der Waals surface area contributed by atoms with Gasteiger partial charge in [-0.25, -0.2) is 4.98 Å². The van der Waals surface area contributed by atoms with E-state index in [0.717, 1.165) is 29.8 Å². The van der Waals surface area contributed by atoms with Crippen LogP contribution < -0.4 is 0 Å². The molecule has 25 heavy (non-hydrogen) atoms. The minimum absolute atomic E-state index is 0.0717. The standard InChI is InChI=1S/C19H21N5O/c1-22-9-8-20-18(22)15-4-3-5-16(10-15)19(25)24(17-6-7-17)13-14-11-21-23(2)12-14/h3-5,8-12,17H,6-7,13H2,1-2H3.